The van der Waals surface area contributed by atoms with E-state index < -0.39 is 5.82 Å². The van der Waals surface area contributed by atoms with Crippen LogP contribution in [0, 0.1) is 11.7 Å². The van der Waals surface area contributed by atoms with Crippen molar-refractivity contribution in [1.29, 1.82) is 0 Å². The quantitative estimate of drug-likeness (QED) is 0.606. The van der Waals surface area contributed by atoms with Gasteiger partial charge in [0.1, 0.15) is 0 Å². The minimum atomic E-state index is -0.502. The second-order valence-corrected chi connectivity index (χ2v) is 4.42. The monoisotopic (exact) mass is 261 g/mol. The third kappa shape index (κ3) is 5.79. The van der Waals surface area contributed by atoms with Crippen LogP contribution in [0.4, 0.5) is 10.2 Å². The fraction of sp³-hybridized carbons (Fsp3) is 0.636. The highest BCUT2D eigenvalue weighted by molar-refractivity contribution is 6.28. The van der Waals surface area contributed by atoms with Crippen LogP contribution in [-0.2, 0) is 4.74 Å². The van der Waals surface area contributed by atoms with Gasteiger partial charge < -0.3 is 10.1 Å². The SMILES string of the molecule is CC(C)COCCCNc1nc(Cl)ncc1F. The topological polar surface area (TPSA) is 47.0 Å². The molecule has 0 aliphatic carbocycles. The van der Waals surface area contributed by atoms with Crippen LogP contribution in [-0.4, -0.2) is 29.7 Å². The Morgan fingerprint density at radius 1 is 1.53 bits per heavy atom. The summed E-state index contributed by atoms with van der Waals surface area (Å²) >= 11 is 5.56. The van der Waals surface area contributed by atoms with E-state index in [1.165, 1.54) is 0 Å². The summed E-state index contributed by atoms with van der Waals surface area (Å²) in [5.41, 5.74) is 0. The zero-order valence-corrected chi connectivity index (χ0v) is 10.8. The maximum absolute atomic E-state index is 13.2. The molecule has 0 unspecified atom stereocenters. The molecule has 17 heavy (non-hydrogen) atoms. The Bertz CT molecular complexity index is 349. The molecule has 0 radical (unpaired) electrons. The fourth-order valence-electron chi connectivity index (χ4n) is 1.17. The summed E-state index contributed by atoms with van der Waals surface area (Å²) in [5, 5.41) is 2.88. The first kappa shape index (κ1) is 14.1. The lowest BCUT2D eigenvalue weighted by molar-refractivity contribution is 0.110. The molecular formula is C11H17ClFN3O. The molecule has 0 aromatic carbocycles. The standard InChI is InChI=1S/C11H17ClFN3O/c1-8(2)7-17-5-3-4-14-10-9(13)6-15-11(12)16-10/h6,8H,3-5,7H2,1-2H3,(H,14,15,16). The van der Waals surface area contributed by atoms with Gasteiger partial charge in [0.05, 0.1) is 6.20 Å². The number of aromatic nitrogens is 2. The molecule has 0 aliphatic rings. The highest BCUT2D eigenvalue weighted by Gasteiger charge is 2.04. The largest absolute Gasteiger partial charge is 0.381 e. The van der Waals surface area contributed by atoms with E-state index >= 15 is 0 Å². The smallest absolute Gasteiger partial charge is 0.224 e. The predicted molar refractivity (Wildman–Crippen MR) is 65.8 cm³/mol. The van der Waals surface area contributed by atoms with Gasteiger partial charge >= 0.3 is 0 Å². The summed E-state index contributed by atoms with van der Waals surface area (Å²) in [6.07, 6.45) is 1.83. The molecule has 1 rings (SSSR count). The summed E-state index contributed by atoms with van der Waals surface area (Å²) in [6.45, 7) is 6.16. The lowest BCUT2D eigenvalue weighted by Crippen LogP contribution is -2.10. The van der Waals surface area contributed by atoms with Crippen molar-refractivity contribution in [2.24, 2.45) is 5.92 Å². The van der Waals surface area contributed by atoms with Crippen LogP contribution in [0.25, 0.3) is 0 Å². The van der Waals surface area contributed by atoms with Gasteiger partial charge in [0, 0.05) is 19.8 Å². The average molecular weight is 262 g/mol. The van der Waals surface area contributed by atoms with E-state index in [1.54, 1.807) is 0 Å². The summed E-state index contributed by atoms with van der Waals surface area (Å²) < 4.78 is 18.6. The highest BCUT2D eigenvalue weighted by atomic mass is 35.5. The molecule has 0 aliphatic heterocycles. The van der Waals surface area contributed by atoms with Crippen LogP contribution in [0.3, 0.4) is 0 Å². The van der Waals surface area contributed by atoms with E-state index in [0.29, 0.717) is 19.1 Å². The van der Waals surface area contributed by atoms with E-state index in [0.717, 1.165) is 19.2 Å². The minimum Gasteiger partial charge on any atom is -0.381 e. The molecular weight excluding hydrogens is 245 g/mol. The van der Waals surface area contributed by atoms with Gasteiger partial charge in [-0.1, -0.05) is 13.8 Å². The molecule has 1 aromatic heterocycles. The number of anilines is 1. The Morgan fingerprint density at radius 2 is 2.29 bits per heavy atom. The van der Waals surface area contributed by atoms with Gasteiger partial charge in [-0.3, -0.25) is 0 Å². The molecule has 96 valence electrons. The van der Waals surface area contributed by atoms with Crippen LogP contribution >= 0.6 is 11.6 Å². The van der Waals surface area contributed by atoms with Crippen molar-refractivity contribution >= 4 is 17.4 Å². The zero-order chi connectivity index (χ0) is 12.7. The first-order valence-electron chi connectivity index (χ1n) is 5.59. The van der Waals surface area contributed by atoms with Gasteiger partial charge in [-0.05, 0) is 23.9 Å². The van der Waals surface area contributed by atoms with Gasteiger partial charge in [-0.2, -0.15) is 4.98 Å². The van der Waals surface area contributed by atoms with Crippen molar-refractivity contribution in [3.05, 3.63) is 17.3 Å². The van der Waals surface area contributed by atoms with E-state index in [9.17, 15) is 4.39 Å². The Kier molecular flexibility index (Phi) is 6.15. The van der Waals surface area contributed by atoms with Gasteiger partial charge in [-0.25, -0.2) is 9.37 Å². The molecule has 0 bridgehead atoms. The lowest BCUT2D eigenvalue weighted by Gasteiger charge is -2.08. The molecule has 1 heterocycles. The van der Waals surface area contributed by atoms with Crippen LogP contribution in [0.2, 0.25) is 5.28 Å². The van der Waals surface area contributed by atoms with Crippen molar-refractivity contribution in [1.82, 2.24) is 9.97 Å². The Hall–Kier alpha value is -0.940. The van der Waals surface area contributed by atoms with Gasteiger partial charge in [0.25, 0.3) is 0 Å². The normalized spacial score (nSPS) is 10.9. The maximum Gasteiger partial charge on any atom is 0.224 e. The zero-order valence-electron chi connectivity index (χ0n) is 10.0. The number of halogens is 2. The average Bonchev–Trinajstić information content (AvgIpc) is 2.27. The molecule has 1 N–H and O–H groups in total. The van der Waals surface area contributed by atoms with Crippen LogP contribution in [0.15, 0.2) is 6.20 Å². The second-order valence-electron chi connectivity index (χ2n) is 4.08. The van der Waals surface area contributed by atoms with E-state index in [1.807, 2.05) is 0 Å². The fourth-order valence-corrected chi connectivity index (χ4v) is 1.30. The van der Waals surface area contributed by atoms with Crippen LogP contribution in [0.5, 0.6) is 0 Å². The molecule has 0 saturated heterocycles. The Balaban J connectivity index is 2.20. The van der Waals surface area contributed by atoms with Crippen LogP contribution < -0.4 is 5.32 Å². The molecule has 0 amide bonds. The van der Waals surface area contributed by atoms with Crippen molar-refractivity contribution in [2.75, 3.05) is 25.1 Å². The predicted octanol–water partition coefficient (Wildman–Crippen LogP) is 2.74. The van der Waals surface area contributed by atoms with Crippen molar-refractivity contribution in [2.45, 2.75) is 20.3 Å². The first-order valence-corrected chi connectivity index (χ1v) is 5.97. The third-order valence-corrected chi connectivity index (χ3v) is 2.11. The van der Waals surface area contributed by atoms with Gasteiger partial charge in [0.2, 0.25) is 5.28 Å². The number of hydrogen-bond donors (Lipinski definition) is 1. The van der Waals surface area contributed by atoms with Gasteiger partial charge in [-0.15, -0.1) is 0 Å². The van der Waals surface area contributed by atoms with E-state index in [-0.39, 0.29) is 11.1 Å². The maximum atomic E-state index is 13.2. The van der Waals surface area contributed by atoms with Gasteiger partial charge in [0.15, 0.2) is 11.6 Å². The molecule has 0 spiro atoms. The van der Waals surface area contributed by atoms with Crippen molar-refractivity contribution in [3.63, 3.8) is 0 Å². The number of hydrogen-bond acceptors (Lipinski definition) is 4. The lowest BCUT2D eigenvalue weighted by atomic mass is 10.2. The summed E-state index contributed by atoms with van der Waals surface area (Å²) in [7, 11) is 0. The number of nitrogens with zero attached hydrogens (tertiary/aromatic N) is 2. The number of nitrogens with one attached hydrogen (secondary N) is 1. The Morgan fingerprint density at radius 3 is 3.00 bits per heavy atom. The van der Waals surface area contributed by atoms with E-state index in [2.05, 4.69) is 29.1 Å². The van der Waals surface area contributed by atoms with Crippen LogP contribution in [0.1, 0.15) is 20.3 Å². The number of rotatable bonds is 7. The molecule has 0 saturated carbocycles. The molecule has 1 aromatic rings. The third-order valence-electron chi connectivity index (χ3n) is 1.92. The Labute approximate surface area is 106 Å². The second kappa shape index (κ2) is 7.40. The van der Waals surface area contributed by atoms with Crippen molar-refractivity contribution in [3.8, 4) is 0 Å². The minimum absolute atomic E-state index is 0.0324. The number of ether oxygens (including phenoxy) is 1. The van der Waals surface area contributed by atoms with E-state index in [4.69, 9.17) is 16.3 Å². The molecule has 0 fully saturated rings. The van der Waals surface area contributed by atoms with Crippen molar-refractivity contribution < 1.29 is 9.13 Å². The molecule has 0 atom stereocenters. The summed E-state index contributed by atoms with van der Waals surface area (Å²) in [4.78, 5) is 7.28. The highest BCUT2D eigenvalue weighted by Crippen LogP contribution is 2.11. The summed E-state index contributed by atoms with van der Waals surface area (Å²) in [5.74, 6) is 0.160. The molecule has 4 nitrogen and oxygen atoms in total. The molecule has 6 heteroatoms. The first-order chi connectivity index (χ1) is 8.09. The summed E-state index contributed by atoms with van der Waals surface area (Å²) in [6, 6.07) is 0.